The van der Waals surface area contributed by atoms with E-state index < -0.39 is 0 Å². The minimum atomic E-state index is 0.164. The van der Waals surface area contributed by atoms with Gasteiger partial charge in [-0.3, -0.25) is 4.79 Å². The van der Waals surface area contributed by atoms with Gasteiger partial charge >= 0.3 is 0 Å². The molecular formula is C21H27NO3. The van der Waals surface area contributed by atoms with Crippen LogP contribution in [-0.2, 0) is 11.2 Å². The van der Waals surface area contributed by atoms with Gasteiger partial charge in [-0.1, -0.05) is 31.2 Å². The van der Waals surface area contributed by atoms with Gasteiger partial charge in [0.05, 0.1) is 14.2 Å². The van der Waals surface area contributed by atoms with Crippen molar-refractivity contribution in [2.75, 3.05) is 27.8 Å². The highest BCUT2D eigenvalue weighted by Gasteiger charge is 2.15. The first kappa shape index (κ1) is 18.8. The van der Waals surface area contributed by atoms with Crippen molar-refractivity contribution in [3.05, 3.63) is 59.7 Å². The summed E-state index contributed by atoms with van der Waals surface area (Å²) in [5.74, 6) is 2.03. The number of hydrogen-bond donors (Lipinski definition) is 0. The number of amides is 1. The van der Waals surface area contributed by atoms with Crippen LogP contribution in [0.3, 0.4) is 0 Å². The number of ether oxygens (including phenoxy) is 2. The Morgan fingerprint density at radius 2 is 1.48 bits per heavy atom. The van der Waals surface area contributed by atoms with Crippen molar-refractivity contribution in [1.29, 1.82) is 0 Å². The molecule has 0 aliphatic carbocycles. The van der Waals surface area contributed by atoms with E-state index in [4.69, 9.17) is 9.47 Å². The fourth-order valence-corrected chi connectivity index (χ4v) is 2.68. The van der Waals surface area contributed by atoms with E-state index in [1.54, 1.807) is 14.2 Å². The molecule has 0 spiro atoms. The summed E-state index contributed by atoms with van der Waals surface area (Å²) in [6, 6.07) is 15.9. The second-order valence-electron chi connectivity index (χ2n) is 6.29. The van der Waals surface area contributed by atoms with Gasteiger partial charge in [0.25, 0.3) is 0 Å². The number of carbonyl (C=O) groups is 1. The molecule has 1 amide bonds. The van der Waals surface area contributed by atoms with Crippen molar-refractivity contribution in [2.24, 2.45) is 0 Å². The van der Waals surface area contributed by atoms with Crippen LogP contribution in [0, 0.1) is 0 Å². The lowest BCUT2D eigenvalue weighted by molar-refractivity contribution is -0.130. The second kappa shape index (κ2) is 9.11. The quantitative estimate of drug-likeness (QED) is 0.731. The number of nitrogens with zero attached hydrogens (tertiary/aromatic N) is 1. The van der Waals surface area contributed by atoms with E-state index >= 15 is 0 Å². The van der Waals surface area contributed by atoms with Crippen LogP contribution in [0.5, 0.6) is 11.5 Å². The summed E-state index contributed by atoms with van der Waals surface area (Å²) >= 11 is 0. The normalized spacial score (nSPS) is 11.7. The molecule has 0 aliphatic rings. The second-order valence-corrected chi connectivity index (χ2v) is 6.29. The topological polar surface area (TPSA) is 38.8 Å². The Bertz CT molecular complexity index is 665. The molecule has 25 heavy (non-hydrogen) atoms. The third-order valence-corrected chi connectivity index (χ3v) is 4.49. The maximum Gasteiger partial charge on any atom is 0.222 e. The average molecular weight is 341 g/mol. The molecule has 4 heteroatoms. The van der Waals surface area contributed by atoms with Gasteiger partial charge in [-0.15, -0.1) is 0 Å². The van der Waals surface area contributed by atoms with Crippen molar-refractivity contribution >= 4 is 5.91 Å². The minimum absolute atomic E-state index is 0.164. The smallest absolute Gasteiger partial charge is 0.222 e. The SMILES string of the molecule is COc1ccc(CCN(C)C(=O)CC(C)c2ccc(OC)cc2)cc1. The van der Waals surface area contributed by atoms with Gasteiger partial charge in [0.2, 0.25) is 5.91 Å². The molecule has 0 radical (unpaired) electrons. The molecule has 134 valence electrons. The number of hydrogen-bond acceptors (Lipinski definition) is 3. The molecular weight excluding hydrogens is 314 g/mol. The third-order valence-electron chi connectivity index (χ3n) is 4.49. The fourth-order valence-electron chi connectivity index (χ4n) is 2.68. The van der Waals surface area contributed by atoms with Crippen LogP contribution in [-0.4, -0.2) is 38.6 Å². The molecule has 0 saturated carbocycles. The molecule has 2 aromatic carbocycles. The summed E-state index contributed by atoms with van der Waals surface area (Å²) in [7, 11) is 5.18. The highest BCUT2D eigenvalue weighted by Crippen LogP contribution is 2.22. The minimum Gasteiger partial charge on any atom is -0.497 e. The Morgan fingerprint density at radius 1 is 0.960 bits per heavy atom. The van der Waals surface area contributed by atoms with E-state index in [9.17, 15) is 4.79 Å². The molecule has 0 fully saturated rings. The predicted octanol–water partition coefficient (Wildman–Crippen LogP) is 3.90. The first-order valence-electron chi connectivity index (χ1n) is 8.54. The summed E-state index contributed by atoms with van der Waals surface area (Å²) in [6.45, 7) is 2.79. The average Bonchev–Trinajstić information content (AvgIpc) is 2.66. The fraction of sp³-hybridized carbons (Fsp3) is 0.381. The Balaban J connectivity index is 1.83. The third kappa shape index (κ3) is 5.52. The summed E-state index contributed by atoms with van der Waals surface area (Å²) in [6.07, 6.45) is 1.34. The van der Waals surface area contributed by atoms with Crippen LogP contribution in [0.4, 0.5) is 0 Å². The van der Waals surface area contributed by atoms with E-state index in [-0.39, 0.29) is 11.8 Å². The highest BCUT2D eigenvalue weighted by molar-refractivity contribution is 5.76. The van der Waals surface area contributed by atoms with E-state index in [1.807, 2.05) is 60.5 Å². The van der Waals surface area contributed by atoms with Crippen LogP contribution >= 0.6 is 0 Å². The largest absolute Gasteiger partial charge is 0.497 e. The molecule has 4 nitrogen and oxygen atoms in total. The van der Waals surface area contributed by atoms with Crippen LogP contribution in [0.15, 0.2) is 48.5 Å². The summed E-state index contributed by atoms with van der Waals surface area (Å²) in [5.41, 5.74) is 2.35. The van der Waals surface area contributed by atoms with Crippen LogP contribution in [0.2, 0.25) is 0 Å². The Hall–Kier alpha value is -2.49. The van der Waals surface area contributed by atoms with E-state index in [2.05, 4.69) is 6.92 Å². The van der Waals surface area contributed by atoms with Crippen molar-refractivity contribution in [1.82, 2.24) is 4.90 Å². The lowest BCUT2D eigenvalue weighted by Gasteiger charge is -2.20. The molecule has 0 bridgehead atoms. The Labute approximate surface area is 150 Å². The van der Waals surface area contributed by atoms with Crippen LogP contribution in [0.25, 0.3) is 0 Å². The number of rotatable bonds is 8. The van der Waals surface area contributed by atoms with Gasteiger partial charge in [0, 0.05) is 20.0 Å². The Morgan fingerprint density at radius 3 is 2.00 bits per heavy atom. The molecule has 0 aromatic heterocycles. The zero-order valence-electron chi connectivity index (χ0n) is 15.5. The molecule has 2 aromatic rings. The van der Waals surface area contributed by atoms with E-state index in [0.717, 1.165) is 23.5 Å². The first-order chi connectivity index (χ1) is 12.0. The van der Waals surface area contributed by atoms with Gasteiger partial charge in [-0.05, 0) is 47.7 Å². The predicted molar refractivity (Wildman–Crippen MR) is 100 cm³/mol. The standard InChI is InChI=1S/C21H27NO3/c1-16(18-7-11-20(25-4)12-8-18)15-21(23)22(2)14-13-17-5-9-19(24-3)10-6-17/h5-12,16H,13-15H2,1-4H3. The van der Waals surface area contributed by atoms with Crippen molar-refractivity contribution in [3.63, 3.8) is 0 Å². The molecule has 0 heterocycles. The molecule has 2 rings (SSSR count). The van der Waals surface area contributed by atoms with Gasteiger partial charge in [-0.25, -0.2) is 0 Å². The first-order valence-corrected chi connectivity index (χ1v) is 8.54. The van der Waals surface area contributed by atoms with Crippen molar-refractivity contribution in [3.8, 4) is 11.5 Å². The Kier molecular flexibility index (Phi) is 6.87. The molecule has 0 saturated heterocycles. The summed E-state index contributed by atoms with van der Waals surface area (Å²) < 4.78 is 10.3. The molecule has 1 atom stereocenters. The van der Waals surface area contributed by atoms with Gasteiger partial charge in [0.15, 0.2) is 0 Å². The van der Waals surface area contributed by atoms with Crippen molar-refractivity contribution < 1.29 is 14.3 Å². The molecule has 0 aliphatic heterocycles. The summed E-state index contributed by atoms with van der Waals surface area (Å²) in [4.78, 5) is 14.3. The van der Waals surface area contributed by atoms with Gasteiger partial charge in [-0.2, -0.15) is 0 Å². The number of carbonyl (C=O) groups excluding carboxylic acids is 1. The van der Waals surface area contributed by atoms with Crippen molar-refractivity contribution in [2.45, 2.75) is 25.7 Å². The number of likely N-dealkylation sites (N-methyl/N-ethyl adjacent to an activating group) is 1. The number of benzene rings is 2. The molecule has 1 unspecified atom stereocenters. The van der Waals surface area contributed by atoms with E-state index in [0.29, 0.717) is 13.0 Å². The van der Waals surface area contributed by atoms with Gasteiger partial charge in [0.1, 0.15) is 11.5 Å². The highest BCUT2D eigenvalue weighted by atomic mass is 16.5. The maximum absolute atomic E-state index is 12.5. The maximum atomic E-state index is 12.5. The molecule has 0 N–H and O–H groups in total. The van der Waals surface area contributed by atoms with Crippen LogP contribution < -0.4 is 9.47 Å². The van der Waals surface area contributed by atoms with Gasteiger partial charge < -0.3 is 14.4 Å². The zero-order chi connectivity index (χ0) is 18.2. The van der Waals surface area contributed by atoms with E-state index in [1.165, 1.54) is 5.56 Å². The monoisotopic (exact) mass is 341 g/mol. The lowest BCUT2D eigenvalue weighted by Crippen LogP contribution is -2.29. The lowest BCUT2D eigenvalue weighted by atomic mass is 9.97. The zero-order valence-corrected chi connectivity index (χ0v) is 15.5. The van der Waals surface area contributed by atoms with Crippen LogP contribution in [0.1, 0.15) is 30.4 Å². The number of methoxy groups -OCH3 is 2. The summed E-state index contributed by atoms with van der Waals surface area (Å²) in [5, 5.41) is 0.